The molecule has 0 aliphatic rings. The van der Waals surface area contributed by atoms with Crippen LogP contribution in [0.15, 0.2) is 12.1 Å². The molecule has 0 aliphatic carbocycles. The van der Waals surface area contributed by atoms with Crippen LogP contribution in [-0.2, 0) is 8.89 Å². The Morgan fingerprint density at radius 1 is 1.20 bits per heavy atom. The second-order valence-corrected chi connectivity index (χ2v) is 3.25. The van der Waals surface area contributed by atoms with Gasteiger partial charge in [0.1, 0.15) is 0 Å². The molecule has 0 unspecified atom stereocenters. The van der Waals surface area contributed by atoms with Crippen molar-refractivity contribution < 1.29 is 33.8 Å². The third-order valence-corrected chi connectivity index (χ3v) is 1.85. The van der Waals surface area contributed by atoms with Crippen molar-refractivity contribution in [2.45, 2.75) is 0 Å². The van der Waals surface area contributed by atoms with E-state index in [4.69, 9.17) is 20.1 Å². The van der Waals surface area contributed by atoms with Crippen molar-refractivity contribution in [3.05, 3.63) is 17.7 Å². The normalized spacial score (nSPS) is 9.60. The molecule has 8 heteroatoms. The van der Waals surface area contributed by atoms with Crippen LogP contribution in [-0.4, -0.2) is 35.3 Å². The van der Waals surface area contributed by atoms with Crippen LogP contribution in [0, 0.1) is 0 Å². The van der Waals surface area contributed by atoms with E-state index in [-0.39, 0.29) is 5.56 Å². The Morgan fingerprint density at radius 3 is 2.07 bits per heavy atom. The van der Waals surface area contributed by atoms with Crippen LogP contribution in [0.3, 0.4) is 0 Å². The molecule has 4 N–H and O–H groups in total. The van der Waals surface area contributed by atoms with Gasteiger partial charge in [-0.25, -0.2) is 4.79 Å². The average molecular weight is 230 g/mol. The maximum absolute atomic E-state index is 11.0. The Morgan fingerprint density at radius 2 is 1.67 bits per heavy atom. The van der Waals surface area contributed by atoms with Crippen LogP contribution in [0.4, 0.5) is 0 Å². The highest BCUT2D eigenvalue weighted by molar-refractivity contribution is 6.29. The van der Waals surface area contributed by atoms with E-state index in [2.05, 4.69) is 4.43 Å². The number of phenolic OH excluding ortho intramolecular Hbond substituents is 3. The van der Waals surface area contributed by atoms with E-state index in [9.17, 15) is 9.26 Å². The molecule has 1 aromatic carbocycles. The van der Waals surface area contributed by atoms with Crippen molar-refractivity contribution in [1.82, 2.24) is 0 Å². The fourth-order valence-corrected chi connectivity index (χ4v) is 1.14. The van der Waals surface area contributed by atoms with Crippen LogP contribution in [0.25, 0.3) is 0 Å². The third kappa shape index (κ3) is 2.44. The number of hydrogen-bond acceptors (Lipinski definition) is 6. The van der Waals surface area contributed by atoms with Gasteiger partial charge < -0.3 is 24.5 Å². The van der Waals surface area contributed by atoms with E-state index in [1.54, 1.807) is 0 Å². The number of hydrogen-bond donors (Lipinski definition) is 4. The average Bonchev–Trinajstić information content (AvgIpc) is 2.12. The molecule has 7 nitrogen and oxygen atoms in total. The van der Waals surface area contributed by atoms with Crippen molar-refractivity contribution in [2.24, 2.45) is 0 Å². The Bertz CT molecular complexity index is 404. The molecule has 0 aromatic heterocycles. The van der Waals surface area contributed by atoms with E-state index in [1.165, 1.54) is 0 Å². The number of phenols is 3. The molecule has 0 aliphatic heterocycles. The number of carbonyl (C=O) groups excluding carboxylic acids is 1. The predicted molar refractivity (Wildman–Crippen MR) is 45.5 cm³/mol. The molecule has 1 rings (SSSR count). The summed E-state index contributed by atoms with van der Waals surface area (Å²) in [5.74, 6) is -3.45. The topological polar surface area (TPSA) is 124 Å². The molecule has 1 aromatic rings. The molecule has 0 bridgehead atoms. The van der Waals surface area contributed by atoms with Crippen LogP contribution in [0.1, 0.15) is 10.4 Å². The van der Waals surface area contributed by atoms with Gasteiger partial charge in [-0.05, 0) is 12.1 Å². The molecule has 0 amide bonds. The standard InChI is InChI=1S/C7H6O7Si/c8-4-1-3(2-5(9)6(4)10)7(11)14-15(12)13/h1-2,8-10,12H. The first kappa shape index (κ1) is 11.0. The molecule has 0 spiro atoms. The van der Waals surface area contributed by atoms with Gasteiger partial charge in [-0.15, -0.1) is 0 Å². The zero-order valence-corrected chi connectivity index (χ0v) is 8.17. The summed E-state index contributed by atoms with van der Waals surface area (Å²) in [6.07, 6.45) is 0. The van der Waals surface area contributed by atoms with E-state index in [0.717, 1.165) is 12.1 Å². The van der Waals surface area contributed by atoms with E-state index >= 15 is 0 Å². The Balaban J connectivity index is 3.06. The maximum atomic E-state index is 11.0. The Labute approximate surface area is 84.7 Å². The van der Waals surface area contributed by atoms with Crippen molar-refractivity contribution in [3.8, 4) is 17.2 Å². The minimum Gasteiger partial charge on any atom is -0.511 e. The molecule has 15 heavy (non-hydrogen) atoms. The van der Waals surface area contributed by atoms with Gasteiger partial charge in [-0.1, -0.05) is 0 Å². The molecular weight excluding hydrogens is 224 g/mol. The van der Waals surface area contributed by atoms with Gasteiger partial charge in [-0.2, -0.15) is 0 Å². The molecule has 0 heterocycles. The summed E-state index contributed by atoms with van der Waals surface area (Å²) in [4.78, 5) is 19.3. The molecule has 0 saturated carbocycles. The summed E-state index contributed by atoms with van der Waals surface area (Å²) in [6, 6.07) is 1.59. The second kappa shape index (κ2) is 3.96. The first-order valence-corrected chi connectivity index (χ1v) is 4.88. The summed E-state index contributed by atoms with van der Waals surface area (Å²) in [5.41, 5.74) is -0.352. The SMILES string of the molecule is O=C(O[Si](=O)O)c1cc(O)c(O)c(O)c1. The van der Waals surface area contributed by atoms with Crippen LogP contribution in [0.5, 0.6) is 17.2 Å². The molecule has 0 radical (unpaired) electrons. The molecule has 0 fully saturated rings. The zero-order valence-electron chi connectivity index (χ0n) is 7.17. The molecule has 0 saturated heterocycles. The second-order valence-electron chi connectivity index (χ2n) is 2.52. The fraction of sp³-hybridized carbons (Fsp3) is 0. The van der Waals surface area contributed by atoms with Gasteiger partial charge in [0, 0.05) is 0 Å². The lowest BCUT2D eigenvalue weighted by molar-refractivity contribution is 0.0684. The third-order valence-electron chi connectivity index (χ3n) is 1.49. The monoisotopic (exact) mass is 230 g/mol. The van der Waals surface area contributed by atoms with Gasteiger partial charge in [0.25, 0.3) is 0 Å². The minimum atomic E-state index is -3.44. The van der Waals surface area contributed by atoms with E-state index < -0.39 is 32.4 Å². The van der Waals surface area contributed by atoms with Crippen LogP contribution >= 0.6 is 0 Å². The Hall–Kier alpha value is -2.09. The molecule has 0 atom stereocenters. The molecular formula is C7H6O7Si. The van der Waals surface area contributed by atoms with E-state index in [0.29, 0.717) is 0 Å². The highest BCUT2D eigenvalue weighted by atomic mass is 28.3. The minimum absolute atomic E-state index is 0.352. The van der Waals surface area contributed by atoms with Crippen molar-refractivity contribution in [1.29, 1.82) is 0 Å². The van der Waals surface area contributed by atoms with Gasteiger partial charge in [-0.3, -0.25) is 4.46 Å². The first-order chi connectivity index (χ1) is 6.91. The lowest BCUT2D eigenvalue weighted by Gasteiger charge is -2.03. The quantitative estimate of drug-likeness (QED) is 0.393. The van der Waals surface area contributed by atoms with Crippen molar-refractivity contribution in [3.63, 3.8) is 0 Å². The fourth-order valence-electron chi connectivity index (χ4n) is 0.860. The summed E-state index contributed by atoms with van der Waals surface area (Å²) >= 11 is 0. The number of carbonyl (C=O) groups is 1. The number of benzene rings is 1. The molecule has 80 valence electrons. The Kier molecular flexibility index (Phi) is 2.90. The smallest absolute Gasteiger partial charge is 0.511 e. The van der Waals surface area contributed by atoms with Crippen LogP contribution < -0.4 is 0 Å². The van der Waals surface area contributed by atoms with Crippen LogP contribution in [0.2, 0.25) is 0 Å². The lowest BCUT2D eigenvalue weighted by atomic mass is 10.2. The highest BCUT2D eigenvalue weighted by Crippen LogP contribution is 2.35. The highest BCUT2D eigenvalue weighted by Gasteiger charge is 2.18. The van der Waals surface area contributed by atoms with Crippen molar-refractivity contribution in [2.75, 3.05) is 0 Å². The maximum Gasteiger partial charge on any atom is 0.772 e. The number of rotatable bonds is 2. The van der Waals surface area contributed by atoms with Gasteiger partial charge in [0.15, 0.2) is 17.2 Å². The van der Waals surface area contributed by atoms with E-state index in [1.807, 2.05) is 0 Å². The number of aromatic hydroxyl groups is 3. The summed E-state index contributed by atoms with van der Waals surface area (Å²) in [6.45, 7) is 0. The zero-order chi connectivity index (χ0) is 11.6. The van der Waals surface area contributed by atoms with Crippen molar-refractivity contribution >= 4 is 15.1 Å². The largest absolute Gasteiger partial charge is 0.772 e. The first-order valence-electron chi connectivity index (χ1n) is 3.62. The van der Waals surface area contributed by atoms with Gasteiger partial charge >= 0.3 is 15.1 Å². The summed E-state index contributed by atoms with van der Waals surface area (Å²) in [5, 5.41) is 27.0. The summed E-state index contributed by atoms with van der Waals surface area (Å²) < 4.78 is 14.1. The lowest BCUT2D eigenvalue weighted by Crippen LogP contribution is -2.13. The predicted octanol–water partition coefficient (Wildman–Crippen LogP) is -0.632. The van der Waals surface area contributed by atoms with Gasteiger partial charge in [0.2, 0.25) is 0 Å². The van der Waals surface area contributed by atoms with Gasteiger partial charge in [0.05, 0.1) is 5.56 Å². The summed E-state index contributed by atoms with van der Waals surface area (Å²) in [7, 11) is -3.44.